The number of hydrazine groups is 1. The van der Waals surface area contributed by atoms with Crippen LogP contribution in [0.3, 0.4) is 0 Å². The molecule has 0 heterocycles. The van der Waals surface area contributed by atoms with Gasteiger partial charge in [-0.25, -0.2) is 0 Å². The van der Waals surface area contributed by atoms with Crippen LogP contribution in [0.1, 0.15) is 6.92 Å². The molecule has 0 saturated carbocycles. The van der Waals surface area contributed by atoms with E-state index in [9.17, 15) is 28.4 Å². The molecule has 1 aromatic carbocycles. The number of hydrogen-bond donors (Lipinski definition) is 4. The van der Waals surface area contributed by atoms with E-state index in [2.05, 4.69) is 16.2 Å². The van der Waals surface area contributed by atoms with Gasteiger partial charge >= 0.3 is 0 Å². The average Bonchev–Trinajstić information content (AvgIpc) is 2.45. The molecule has 0 fully saturated rings. The van der Waals surface area contributed by atoms with E-state index in [1.807, 2.05) is 0 Å². The Morgan fingerprint density at radius 3 is 2.39 bits per heavy atom. The van der Waals surface area contributed by atoms with Crippen LogP contribution in [0.25, 0.3) is 0 Å². The number of likely N-dealkylation sites (N-methyl/N-ethyl adjacent to an activating group) is 1. The highest BCUT2D eigenvalue weighted by Gasteiger charge is 2.20. The van der Waals surface area contributed by atoms with Crippen LogP contribution in [-0.2, 0) is 14.9 Å². The van der Waals surface area contributed by atoms with Gasteiger partial charge in [-0.3, -0.25) is 30.3 Å². The van der Waals surface area contributed by atoms with Crippen molar-refractivity contribution in [3.8, 4) is 0 Å². The summed E-state index contributed by atoms with van der Waals surface area (Å²) in [5, 5.41) is 24.5. The highest BCUT2D eigenvalue weighted by atomic mass is 32.2. The highest BCUT2D eigenvalue weighted by Crippen LogP contribution is 2.27. The summed E-state index contributed by atoms with van der Waals surface area (Å²) >= 11 is 0. The molecule has 23 heavy (non-hydrogen) atoms. The van der Waals surface area contributed by atoms with Gasteiger partial charge in [0.05, 0.1) is 4.92 Å². The van der Waals surface area contributed by atoms with Gasteiger partial charge in [-0.1, -0.05) is 6.92 Å². The van der Waals surface area contributed by atoms with Gasteiger partial charge in [-0.05, 0) is 12.1 Å². The number of carbonyl (C=O) groups excluding carboxylic acids is 1. The van der Waals surface area contributed by atoms with E-state index in [1.54, 1.807) is 0 Å². The monoisotopic (exact) mass is 345 g/mol. The number of nitro benzene ring substituents is 1. The van der Waals surface area contributed by atoms with Crippen molar-refractivity contribution in [1.29, 1.82) is 0 Å². The Morgan fingerprint density at radius 2 is 1.96 bits per heavy atom. The number of carbonyl (C=O) groups is 1. The van der Waals surface area contributed by atoms with Crippen LogP contribution in [0.2, 0.25) is 0 Å². The van der Waals surface area contributed by atoms with Gasteiger partial charge in [0.2, 0.25) is 0 Å². The minimum absolute atomic E-state index is 0.218. The van der Waals surface area contributed by atoms with Gasteiger partial charge in [0, 0.05) is 13.1 Å². The lowest BCUT2D eigenvalue weighted by atomic mass is 10.3. The number of hydrogen-bond acceptors (Lipinski definition) is 8. The van der Waals surface area contributed by atoms with Gasteiger partial charge in [0.1, 0.15) is 16.3 Å². The summed E-state index contributed by atoms with van der Waals surface area (Å²) in [6.45, 7) is 1.11. The SMILES string of the molecule is CNC(=O)C(NNc1ccc(S(=O)(=O)O)cc1[N+](=O)[O-])=C(C)[O-]. The topological polar surface area (TPSA) is 174 Å². The molecule has 1 rings (SSSR count). The minimum atomic E-state index is -4.61. The molecule has 1 aromatic rings. The molecule has 0 bridgehead atoms. The fourth-order valence-corrected chi connectivity index (χ4v) is 1.99. The molecule has 0 spiro atoms. The smallest absolute Gasteiger partial charge is 0.295 e. The maximum absolute atomic E-state index is 11.5. The summed E-state index contributed by atoms with van der Waals surface area (Å²) in [6.07, 6.45) is 0. The largest absolute Gasteiger partial charge is 0.874 e. The summed E-state index contributed by atoms with van der Waals surface area (Å²) in [5.74, 6) is -1.38. The standard InChI is InChI=1S/C11H14N4O7S/c1-6(16)10(11(17)12-2)14-13-8-4-3-7(23(20,21)22)5-9(8)15(18)19/h3-5,13-14,16H,1-2H3,(H,12,17)(H,20,21,22)/p-1. The molecule has 126 valence electrons. The second-order valence-corrected chi connectivity index (χ2v) is 5.59. The van der Waals surface area contributed by atoms with Gasteiger partial charge in [0.25, 0.3) is 21.7 Å². The fraction of sp³-hybridized carbons (Fsp3) is 0.182. The Labute approximate surface area is 130 Å². The van der Waals surface area contributed by atoms with E-state index < -0.39 is 43.0 Å². The molecule has 0 aromatic heterocycles. The maximum Gasteiger partial charge on any atom is 0.295 e. The number of nitrogens with one attached hydrogen (secondary N) is 3. The third-order valence-corrected chi connectivity index (χ3v) is 3.44. The Hall–Kier alpha value is -2.86. The number of allylic oxidation sites excluding steroid dienone is 1. The van der Waals surface area contributed by atoms with Crippen molar-refractivity contribution in [1.82, 2.24) is 10.7 Å². The summed E-state index contributed by atoms with van der Waals surface area (Å²) in [6, 6.07) is 2.54. The molecule has 0 saturated heterocycles. The van der Waals surface area contributed by atoms with E-state index in [-0.39, 0.29) is 5.69 Å². The minimum Gasteiger partial charge on any atom is -0.874 e. The second kappa shape index (κ2) is 6.93. The van der Waals surface area contributed by atoms with E-state index in [4.69, 9.17) is 4.55 Å². The quantitative estimate of drug-likeness (QED) is 0.167. The number of benzene rings is 1. The first kappa shape index (κ1) is 18.2. The van der Waals surface area contributed by atoms with Crippen molar-refractivity contribution in [2.75, 3.05) is 12.5 Å². The van der Waals surface area contributed by atoms with E-state index in [0.717, 1.165) is 19.1 Å². The molecular formula is C11H13N4O7S-. The molecule has 0 unspecified atom stereocenters. The summed E-state index contributed by atoms with van der Waals surface area (Å²) in [7, 11) is -3.33. The van der Waals surface area contributed by atoms with Crippen LogP contribution >= 0.6 is 0 Å². The molecule has 4 N–H and O–H groups in total. The van der Waals surface area contributed by atoms with Crippen LogP contribution in [0.15, 0.2) is 34.6 Å². The Morgan fingerprint density at radius 1 is 1.35 bits per heavy atom. The van der Waals surface area contributed by atoms with E-state index >= 15 is 0 Å². The molecule has 0 atom stereocenters. The molecule has 0 aliphatic heterocycles. The molecular weight excluding hydrogens is 332 g/mol. The Bertz CT molecular complexity index is 769. The summed E-state index contributed by atoms with van der Waals surface area (Å²) in [4.78, 5) is 20.9. The Kier molecular flexibility index (Phi) is 5.48. The highest BCUT2D eigenvalue weighted by molar-refractivity contribution is 7.85. The summed E-state index contributed by atoms with van der Waals surface area (Å²) < 4.78 is 30.9. The van der Waals surface area contributed by atoms with Crippen LogP contribution in [-0.4, -0.2) is 30.8 Å². The zero-order valence-corrected chi connectivity index (χ0v) is 12.8. The average molecular weight is 345 g/mol. The van der Waals surface area contributed by atoms with Crippen molar-refractivity contribution in [2.24, 2.45) is 0 Å². The lowest BCUT2D eigenvalue weighted by molar-refractivity contribution is -0.384. The van der Waals surface area contributed by atoms with Crippen molar-refractivity contribution in [3.05, 3.63) is 39.8 Å². The Balaban J connectivity index is 3.17. The normalized spacial score (nSPS) is 12.1. The number of nitrogens with zero attached hydrogens (tertiary/aromatic N) is 1. The molecule has 11 nitrogen and oxygen atoms in total. The molecule has 0 aliphatic carbocycles. The predicted octanol–water partition coefficient (Wildman–Crippen LogP) is -0.904. The van der Waals surface area contributed by atoms with Crippen LogP contribution in [0, 0.1) is 10.1 Å². The van der Waals surface area contributed by atoms with Crippen molar-refractivity contribution in [2.45, 2.75) is 11.8 Å². The maximum atomic E-state index is 11.5. The number of anilines is 1. The zero-order chi connectivity index (χ0) is 17.8. The van der Waals surface area contributed by atoms with Gasteiger partial charge in [-0.2, -0.15) is 8.42 Å². The first-order chi connectivity index (χ1) is 10.6. The first-order valence-corrected chi connectivity index (χ1v) is 7.40. The fourth-order valence-electron chi connectivity index (χ4n) is 1.49. The molecule has 1 amide bonds. The number of rotatable bonds is 6. The van der Waals surface area contributed by atoms with E-state index in [0.29, 0.717) is 6.07 Å². The number of amides is 1. The van der Waals surface area contributed by atoms with Gasteiger partial charge in [-0.15, -0.1) is 5.76 Å². The van der Waals surface area contributed by atoms with Gasteiger partial charge < -0.3 is 10.4 Å². The summed E-state index contributed by atoms with van der Waals surface area (Å²) in [5.41, 5.74) is 3.20. The lowest BCUT2D eigenvalue weighted by Gasteiger charge is -2.17. The van der Waals surface area contributed by atoms with Crippen LogP contribution < -0.4 is 21.3 Å². The van der Waals surface area contributed by atoms with Crippen molar-refractivity contribution < 1.29 is 27.8 Å². The van der Waals surface area contributed by atoms with Crippen LogP contribution in [0.5, 0.6) is 0 Å². The van der Waals surface area contributed by atoms with E-state index in [1.165, 1.54) is 7.05 Å². The lowest BCUT2D eigenvalue weighted by Crippen LogP contribution is -2.35. The third kappa shape index (κ3) is 4.55. The molecule has 0 radical (unpaired) electrons. The first-order valence-electron chi connectivity index (χ1n) is 5.96. The zero-order valence-electron chi connectivity index (χ0n) is 12.0. The van der Waals surface area contributed by atoms with Crippen molar-refractivity contribution in [3.63, 3.8) is 0 Å². The van der Waals surface area contributed by atoms with Crippen LogP contribution in [0.4, 0.5) is 11.4 Å². The molecule has 12 heteroatoms. The van der Waals surface area contributed by atoms with Crippen molar-refractivity contribution >= 4 is 27.4 Å². The number of nitro groups is 1. The second-order valence-electron chi connectivity index (χ2n) is 4.17. The predicted molar refractivity (Wildman–Crippen MR) is 76.4 cm³/mol. The molecule has 0 aliphatic rings. The van der Waals surface area contributed by atoms with Gasteiger partial charge in [0.15, 0.2) is 0 Å². The third-order valence-electron chi connectivity index (χ3n) is 2.59.